The molecular formula is C32H31N3O2. The lowest BCUT2D eigenvalue weighted by molar-refractivity contribution is 0.0677. The smallest absolute Gasteiger partial charge is 0.266 e. The number of amides is 1. The van der Waals surface area contributed by atoms with E-state index >= 15 is 0 Å². The minimum Gasteiger partial charge on any atom is -0.329 e. The van der Waals surface area contributed by atoms with Gasteiger partial charge in [-0.15, -0.1) is 0 Å². The van der Waals surface area contributed by atoms with Crippen molar-refractivity contribution in [1.82, 2.24) is 14.5 Å². The van der Waals surface area contributed by atoms with E-state index in [1.54, 1.807) is 4.57 Å². The van der Waals surface area contributed by atoms with Crippen molar-refractivity contribution in [2.45, 2.75) is 39.7 Å². The molecule has 0 saturated heterocycles. The molecule has 5 aromatic rings. The first-order chi connectivity index (χ1) is 18.0. The summed E-state index contributed by atoms with van der Waals surface area (Å²) in [5.74, 6) is 0.503. The zero-order valence-electron chi connectivity index (χ0n) is 21.5. The first-order valence-corrected chi connectivity index (χ1v) is 12.9. The second-order valence-electron chi connectivity index (χ2n) is 9.50. The molecule has 0 saturated carbocycles. The van der Waals surface area contributed by atoms with Gasteiger partial charge in [0.2, 0.25) is 0 Å². The van der Waals surface area contributed by atoms with Gasteiger partial charge in [-0.1, -0.05) is 74.0 Å². The number of aromatic nitrogens is 2. The standard InChI is InChI=1S/C32H31N3O2/c1-4-5-20-34(31(36)27-15-9-6-12-22(27)2)23(3)30-33-29-17-11-10-16-28(29)32(37)35(30)26-19-18-24-13-7-8-14-25(24)21-26/h6-19,21,23H,4-5,20H2,1-3H3. The fourth-order valence-electron chi connectivity index (χ4n) is 4.90. The van der Waals surface area contributed by atoms with E-state index in [-0.39, 0.29) is 11.5 Å². The number of para-hydroxylation sites is 1. The van der Waals surface area contributed by atoms with Crippen molar-refractivity contribution >= 4 is 27.6 Å². The highest BCUT2D eigenvalue weighted by atomic mass is 16.2. The summed E-state index contributed by atoms with van der Waals surface area (Å²) in [6.07, 6.45) is 1.81. The molecule has 5 rings (SSSR count). The number of rotatable bonds is 7. The number of aryl methyl sites for hydroxylation is 1. The molecule has 0 N–H and O–H groups in total. The van der Waals surface area contributed by atoms with Crippen LogP contribution < -0.4 is 5.56 Å². The van der Waals surface area contributed by atoms with Gasteiger partial charge < -0.3 is 4.90 Å². The molecular weight excluding hydrogens is 458 g/mol. The van der Waals surface area contributed by atoms with Crippen LogP contribution in [0.25, 0.3) is 27.4 Å². The molecule has 4 aromatic carbocycles. The lowest BCUT2D eigenvalue weighted by Gasteiger charge is -2.31. The van der Waals surface area contributed by atoms with Crippen LogP contribution >= 0.6 is 0 Å². The maximum Gasteiger partial charge on any atom is 0.266 e. The number of hydrogen-bond acceptors (Lipinski definition) is 3. The number of carbonyl (C=O) groups is 1. The fraction of sp³-hybridized carbons (Fsp3) is 0.219. The zero-order chi connectivity index (χ0) is 25.9. The summed E-state index contributed by atoms with van der Waals surface area (Å²) >= 11 is 0. The molecule has 0 radical (unpaired) electrons. The van der Waals surface area contributed by atoms with Crippen LogP contribution in [0, 0.1) is 6.92 Å². The first kappa shape index (κ1) is 24.4. The van der Waals surface area contributed by atoms with E-state index < -0.39 is 6.04 Å². The molecule has 0 spiro atoms. The number of fused-ring (bicyclic) bond motifs is 2. The molecule has 5 heteroatoms. The highest BCUT2D eigenvalue weighted by molar-refractivity contribution is 5.96. The first-order valence-electron chi connectivity index (χ1n) is 12.9. The monoisotopic (exact) mass is 489 g/mol. The molecule has 5 nitrogen and oxygen atoms in total. The Bertz CT molecular complexity index is 1650. The Morgan fingerprint density at radius 2 is 1.62 bits per heavy atom. The van der Waals surface area contributed by atoms with Crippen LogP contribution in [0.4, 0.5) is 0 Å². The van der Waals surface area contributed by atoms with E-state index in [2.05, 4.69) is 13.0 Å². The molecule has 0 fully saturated rings. The Morgan fingerprint density at radius 3 is 2.41 bits per heavy atom. The van der Waals surface area contributed by atoms with Crippen molar-refractivity contribution < 1.29 is 4.79 Å². The molecule has 1 amide bonds. The third kappa shape index (κ3) is 4.65. The summed E-state index contributed by atoms with van der Waals surface area (Å²) in [6.45, 7) is 6.61. The van der Waals surface area contributed by atoms with Crippen LogP contribution in [-0.2, 0) is 0 Å². The molecule has 1 heterocycles. The van der Waals surface area contributed by atoms with Gasteiger partial charge in [0.25, 0.3) is 11.5 Å². The van der Waals surface area contributed by atoms with Gasteiger partial charge in [0.15, 0.2) is 0 Å². The van der Waals surface area contributed by atoms with Crippen molar-refractivity contribution in [2.24, 2.45) is 0 Å². The van der Waals surface area contributed by atoms with E-state index in [9.17, 15) is 9.59 Å². The second kappa shape index (κ2) is 10.4. The molecule has 0 bridgehead atoms. The maximum atomic E-state index is 13.9. The van der Waals surface area contributed by atoms with Crippen LogP contribution in [0.15, 0.2) is 95.8 Å². The topological polar surface area (TPSA) is 55.2 Å². The number of carbonyl (C=O) groups excluding carboxylic acids is 1. The highest BCUT2D eigenvalue weighted by Gasteiger charge is 2.28. The summed E-state index contributed by atoms with van der Waals surface area (Å²) in [5.41, 5.74) is 2.83. The molecule has 1 aromatic heterocycles. The van der Waals surface area contributed by atoms with Crippen LogP contribution in [0.5, 0.6) is 0 Å². The predicted molar refractivity (Wildman–Crippen MR) is 150 cm³/mol. The minimum atomic E-state index is -0.428. The number of hydrogen-bond donors (Lipinski definition) is 0. The van der Waals surface area contributed by atoms with Gasteiger partial charge in [-0.05, 0) is 66.9 Å². The maximum absolute atomic E-state index is 13.9. The Kier molecular flexibility index (Phi) is 6.87. The Hall–Kier alpha value is -4.25. The van der Waals surface area contributed by atoms with Gasteiger partial charge in [0.1, 0.15) is 5.82 Å². The summed E-state index contributed by atoms with van der Waals surface area (Å²) in [7, 11) is 0. The number of unbranched alkanes of at least 4 members (excludes halogenated alkanes) is 1. The normalized spacial score (nSPS) is 12.1. The van der Waals surface area contributed by atoms with Crippen LogP contribution in [-0.4, -0.2) is 26.9 Å². The second-order valence-corrected chi connectivity index (χ2v) is 9.50. The van der Waals surface area contributed by atoms with Crippen molar-refractivity contribution in [3.8, 4) is 5.69 Å². The van der Waals surface area contributed by atoms with Crippen molar-refractivity contribution in [3.63, 3.8) is 0 Å². The van der Waals surface area contributed by atoms with E-state index in [1.165, 1.54) is 0 Å². The van der Waals surface area contributed by atoms with Crippen molar-refractivity contribution in [2.75, 3.05) is 6.54 Å². The average Bonchev–Trinajstić information content (AvgIpc) is 2.93. The molecule has 37 heavy (non-hydrogen) atoms. The summed E-state index contributed by atoms with van der Waals surface area (Å²) < 4.78 is 1.68. The van der Waals surface area contributed by atoms with Gasteiger partial charge in [-0.25, -0.2) is 4.98 Å². The largest absolute Gasteiger partial charge is 0.329 e. The molecule has 0 aliphatic carbocycles. The molecule has 0 aliphatic rings. The van der Waals surface area contributed by atoms with Gasteiger partial charge in [0.05, 0.1) is 22.6 Å². The Balaban J connectivity index is 1.71. The quantitative estimate of drug-likeness (QED) is 0.251. The molecule has 0 aliphatic heterocycles. The van der Waals surface area contributed by atoms with Gasteiger partial charge in [-0.3, -0.25) is 14.2 Å². The lowest BCUT2D eigenvalue weighted by Crippen LogP contribution is -2.38. The highest BCUT2D eigenvalue weighted by Crippen LogP contribution is 2.27. The Labute approximate surface area is 217 Å². The van der Waals surface area contributed by atoms with Gasteiger partial charge in [-0.2, -0.15) is 0 Å². The SMILES string of the molecule is CCCCN(C(=O)c1ccccc1C)C(C)c1nc2ccccc2c(=O)n1-c1ccc2ccccc2c1. The predicted octanol–water partition coefficient (Wildman–Crippen LogP) is 6.85. The van der Waals surface area contributed by atoms with Gasteiger partial charge >= 0.3 is 0 Å². The fourth-order valence-corrected chi connectivity index (χ4v) is 4.90. The summed E-state index contributed by atoms with van der Waals surface area (Å²) in [5, 5.41) is 2.69. The summed E-state index contributed by atoms with van der Waals surface area (Å²) in [6, 6.07) is 28.7. The van der Waals surface area contributed by atoms with Crippen LogP contribution in [0.2, 0.25) is 0 Å². The average molecular weight is 490 g/mol. The number of benzene rings is 4. The third-order valence-electron chi connectivity index (χ3n) is 7.02. The van der Waals surface area contributed by atoms with Crippen LogP contribution in [0.3, 0.4) is 0 Å². The third-order valence-corrected chi connectivity index (χ3v) is 7.02. The minimum absolute atomic E-state index is 0.0495. The molecule has 1 atom stereocenters. The van der Waals surface area contributed by atoms with E-state index in [0.717, 1.165) is 34.9 Å². The van der Waals surface area contributed by atoms with Crippen molar-refractivity contribution in [1.29, 1.82) is 0 Å². The molecule has 1 unspecified atom stereocenters. The lowest BCUT2D eigenvalue weighted by atomic mass is 10.1. The summed E-state index contributed by atoms with van der Waals surface area (Å²) in [4.78, 5) is 34.7. The Morgan fingerprint density at radius 1 is 0.919 bits per heavy atom. The van der Waals surface area contributed by atoms with E-state index in [0.29, 0.717) is 28.8 Å². The van der Waals surface area contributed by atoms with Crippen molar-refractivity contribution in [3.05, 3.63) is 118 Å². The van der Waals surface area contributed by atoms with Crippen LogP contribution in [0.1, 0.15) is 54.5 Å². The van der Waals surface area contributed by atoms with Gasteiger partial charge in [0, 0.05) is 12.1 Å². The van der Waals surface area contributed by atoms with E-state index in [1.807, 2.05) is 104 Å². The van der Waals surface area contributed by atoms with E-state index in [4.69, 9.17) is 4.98 Å². The zero-order valence-corrected chi connectivity index (χ0v) is 21.5. The number of nitrogens with zero attached hydrogens (tertiary/aromatic N) is 3. The molecule has 186 valence electrons.